The molecule has 1 aromatic heterocycles. The van der Waals surface area contributed by atoms with Crippen LogP contribution in [-0.4, -0.2) is 11.8 Å². The van der Waals surface area contributed by atoms with E-state index in [1.165, 1.54) is 30.5 Å². The van der Waals surface area contributed by atoms with Crippen molar-refractivity contribution in [3.05, 3.63) is 59.8 Å². The van der Waals surface area contributed by atoms with Crippen molar-refractivity contribution >= 4 is 23.6 Å². The summed E-state index contributed by atoms with van der Waals surface area (Å²) in [7, 11) is 0. The number of nitrogens with two attached hydrogens (primary N) is 1. The molecule has 0 aliphatic rings. The van der Waals surface area contributed by atoms with Gasteiger partial charge in [0, 0.05) is 11.8 Å². The number of carbonyl (C=O) groups is 2. The number of anilines is 1. The summed E-state index contributed by atoms with van der Waals surface area (Å²) >= 11 is 0. The monoisotopic (exact) mass is 274 g/mol. The second-order valence-corrected chi connectivity index (χ2v) is 3.90. The van der Waals surface area contributed by atoms with Gasteiger partial charge >= 0.3 is 0 Å². The minimum atomic E-state index is -0.898. The highest BCUT2D eigenvalue weighted by Gasteiger charge is 2.09. The van der Waals surface area contributed by atoms with Crippen molar-refractivity contribution in [1.82, 2.24) is 0 Å². The highest BCUT2D eigenvalue weighted by atomic mass is 19.1. The molecule has 102 valence electrons. The van der Waals surface area contributed by atoms with Crippen LogP contribution in [0, 0.1) is 5.82 Å². The molecule has 0 unspecified atom stereocenters. The lowest BCUT2D eigenvalue weighted by molar-refractivity contribution is -0.111. The highest BCUT2D eigenvalue weighted by Crippen LogP contribution is 2.14. The second kappa shape index (κ2) is 5.83. The molecule has 1 heterocycles. The minimum Gasteiger partial charge on any atom is -0.465 e. The van der Waals surface area contributed by atoms with Crippen LogP contribution in [0.25, 0.3) is 6.08 Å². The van der Waals surface area contributed by atoms with Gasteiger partial charge in [-0.3, -0.25) is 9.59 Å². The standard InChI is InChI=1S/C14H11FN2O3/c15-12-5-3-9(8-11(12)14(16)19)17-13(18)6-4-10-2-1-7-20-10/h1-8H,(H2,16,19)(H,17,18). The molecular formula is C14H11FN2O3. The molecule has 0 bridgehead atoms. The Morgan fingerprint density at radius 3 is 2.75 bits per heavy atom. The second-order valence-electron chi connectivity index (χ2n) is 3.90. The molecule has 0 atom stereocenters. The number of hydrogen-bond donors (Lipinski definition) is 2. The van der Waals surface area contributed by atoms with Crippen molar-refractivity contribution in [2.75, 3.05) is 5.32 Å². The quantitative estimate of drug-likeness (QED) is 0.838. The van der Waals surface area contributed by atoms with Gasteiger partial charge < -0.3 is 15.5 Å². The molecule has 3 N–H and O–H groups in total. The molecular weight excluding hydrogens is 263 g/mol. The molecule has 0 radical (unpaired) electrons. The largest absolute Gasteiger partial charge is 0.465 e. The fraction of sp³-hybridized carbons (Fsp3) is 0. The number of hydrogen-bond acceptors (Lipinski definition) is 3. The summed E-state index contributed by atoms with van der Waals surface area (Å²) in [6.07, 6.45) is 4.22. The zero-order valence-corrected chi connectivity index (χ0v) is 10.3. The Balaban J connectivity index is 2.08. The smallest absolute Gasteiger partial charge is 0.251 e. The Hall–Kier alpha value is -2.89. The normalized spacial score (nSPS) is 10.7. The molecule has 0 spiro atoms. The fourth-order valence-corrected chi connectivity index (χ4v) is 1.52. The molecule has 6 heteroatoms. The fourth-order valence-electron chi connectivity index (χ4n) is 1.52. The Morgan fingerprint density at radius 1 is 1.30 bits per heavy atom. The third-order valence-electron chi connectivity index (χ3n) is 2.44. The van der Waals surface area contributed by atoms with Gasteiger partial charge in [0.25, 0.3) is 5.91 Å². The van der Waals surface area contributed by atoms with Gasteiger partial charge in [0.15, 0.2) is 0 Å². The van der Waals surface area contributed by atoms with E-state index in [0.717, 1.165) is 6.07 Å². The van der Waals surface area contributed by atoms with Crippen molar-refractivity contribution in [2.45, 2.75) is 0 Å². The van der Waals surface area contributed by atoms with Crippen molar-refractivity contribution in [3.63, 3.8) is 0 Å². The van der Waals surface area contributed by atoms with Gasteiger partial charge in [0.1, 0.15) is 11.6 Å². The molecule has 1 aromatic carbocycles. The van der Waals surface area contributed by atoms with Crippen LogP contribution in [0.2, 0.25) is 0 Å². The maximum absolute atomic E-state index is 13.3. The summed E-state index contributed by atoms with van der Waals surface area (Å²) in [6, 6.07) is 6.95. The van der Waals surface area contributed by atoms with Crippen LogP contribution in [-0.2, 0) is 4.79 Å². The number of nitrogens with one attached hydrogen (secondary N) is 1. The van der Waals surface area contributed by atoms with Crippen LogP contribution in [0.5, 0.6) is 0 Å². The number of benzene rings is 1. The average Bonchev–Trinajstić information content (AvgIpc) is 2.91. The third kappa shape index (κ3) is 3.32. The van der Waals surface area contributed by atoms with Crippen LogP contribution in [0.15, 0.2) is 47.1 Å². The van der Waals surface area contributed by atoms with Crippen LogP contribution in [0.1, 0.15) is 16.1 Å². The number of carbonyl (C=O) groups excluding carboxylic acids is 2. The molecule has 0 fully saturated rings. The Morgan fingerprint density at radius 2 is 2.10 bits per heavy atom. The van der Waals surface area contributed by atoms with Crippen LogP contribution in [0.3, 0.4) is 0 Å². The SMILES string of the molecule is NC(=O)c1cc(NC(=O)C=Cc2ccco2)ccc1F. The van der Waals surface area contributed by atoms with Gasteiger partial charge in [-0.25, -0.2) is 4.39 Å². The lowest BCUT2D eigenvalue weighted by Gasteiger charge is -2.04. The van der Waals surface area contributed by atoms with Gasteiger partial charge in [-0.05, 0) is 36.4 Å². The third-order valence-corrected chi connectivity index (χ3v) is 2.44. The first-order valence-corrected chi connectivity index (χ1v) is 5.68. The molecule has 2 amide bonds. The van der Waals surface area contributed by atoms with Crippen LogP contribution < -0.4 is 11.1 Å². The van der Waals surface area contributed by atoms with Gasteiger partial charge in [-0.15, -0.1) is 0 Å². The zero-order chi connectivity index (χ0) is 14.5. The van der Waals surface area contributed by atoms with E-state index >= 15 is 0 Å². The highest BCUT2D eigenvalue weighted by molar-refractivity contribution is 6.02. The molecule has 0 aliphatic carbocycles. The first kappa shape index (κ1) is 13.5. The topological polar surface area (TPSA) is 85.3 Å². The lowest BCUT2D eigenvalue weighted by Crippen LogP contribution is -2.14. The summed E-state index contributed by atoms with van der Waals surface area (Å²) in [5, 5.41) is 2.48. The number of halogens is 1. The van der Waals surface area contributed by atoms with Crippen LogP contribution >= 0.6 is 0 Å². The van der Waals surface area contributed by atoms with E-state index in [2.05, 4.69) is 5.32 Å². The Bertz CT molecular complexity index is 663. The summed E-state index contributed by atoms with van der Waals surface area (Å²) in [5.74, 6) is -1.55. The summed E-state index contributed by atoms with van der Waals surface area (Å²) in [4.78, 5) is 22.6. The molecule has 0 saturated heterocycles. The summed E-state index contributed by atoms with van der Waals surface area (Å²) < 4.78 is 18.3. The molecule has 2 aromatic rings. The number of rotatable bonds is 4. The predicted molar refractivity (Wildman–Crippen MR) is 71.3 cm³/mol. The average molecular weight is 274 g/mol. The minimum absolute atomic E-state index is 0.272. The van der Waals surface area contributed by atoms with E-state index in [0.29, 0.717) is 5.76 Å². The first-order valence-electron chi connectivity index (χ1n) is 5.68. The summed E-state index contributed by atoms with van der Waals surface area (Å²) in [6.45, 7) is 0. The molecule has 0 saturated carbocycles. The van der Waals surface area contributed by atoms with E-state index in [1.54, 1.807) is 12.1 Å². The summed E-state index contributed by atoms with van der Waals surface area (Å²) in [5.41, 5.74) is 5.01. The number of furan rings is 1. The van der Waals surface area contributed by atoms with Crippen molar-refractivity contribution in [1.29, 1.82) is 0 Å². The maximum Gasteiger partial charge on any atom is 0.251 e. The van der Waals surface area contributed by atoms with Crippen molar-refractivity contribution in [2.24, 2.45) is 5.73 Å². The van der Waals surface area contributed by atoms with Crippen LogP contribution in [0.4, 0.5) is 10.1 Å². The molecule has 5 nitrogen and oxygen atoms in total. The Kier molecular flexibility index (Phi) is 3.95. The first-order chi connectivity index (χ1) is 9.56. The van der Waals surface area contributed by atoms with Gasteiger partial charge in [0.2, 0.25) is 5.91 Å². The van der Waals surface area contributed by atoms with E-state index in [9.17, 15) is 14.0 Å². The van der Waals surface area contributed by atoms with Gasteiger partial charge in [0.05, 0.1) is 11.8 Å². The van der Waals surface area contributed by atoms with E-state index < -0.39 is 17.6 Å². The molecule has 0 aliphatic heterocycles. The maximum atomic E-state index is 13.3. The van der Waals surface area contributed by atoms with Gasteiger partial charge in [-0.1, -0.05) is 0 Å². The van der Waals surface area contributed by atoms with Gasteiger partial charge in [-0.2, -0.15) is 0 Å². The zero-order valence-electron chi connectivity index (χ0n) is 10.3. The van der Waals surface area contributed by atoms with Crippen molar-refractivity contribution < 1.29 is 18.4 Å². The van der Waals surface area contributed by atoms with E-state index in [4.69, 9.17) is 10.2 Å². The predicted octanol–water partition coefficient (Wildman–Crippen LogP) is 2.17. The molecule has 20 heavy (non-hydrogen) atoms. The molecule has 2 rings (SSSR count). The van der Waals surface area contributed by atoms with Crippen molar-refractivity contribution in [3.8, 4) is 0 Å². The lowest BCUT2D eigenvalue weighted by atomic mass is 10.2. The number of amides is 2. The Labute approximate surface area is 113 Å². The van der Waals surface area contributed by atoms with E-state index in [1.807, 2.05) is 0 Å². The number of primary amides is 1. The van der Waals surface area contributed by atoms with E-state index in [-0.39, 0.29) is 11.3 Å².